The molecule has 2 heterocycles. The fraction of sp³-hybridized carbons (Fsp3) is 0.556. The molecule has 0 radical (unpaired) electrons. The summed E-state index contributed by atoms with van der Waals surface area (Å²) in [6, 6.07) is 5.36. The Hall–Kier alpha value is -1.93. The lowest BCUT2D eigenvalue weighted by Crippen LogP contribution is -2.41. The van der Waals surface area contributed by atoms with Crippen LogP contribution in [-0.4, -0.2) is 40.7 Å². The van der Waals surface area contributed by atoms with Gasteiger partial charge in [0, 0.05) is 24.7 Å². The zero-order valence-corrected chi connectivity index (χ0v) is 14.7. The van der Waals surface area contributed by atoms with E-state index in [0.717, 1.165) is 31.8 Å². The standard InChI is InChI=1S/C18H23F3N4O/c1-13-4-2-3-10-25(13)11-9-22-12-16-23-17(24-26-16)14-5-7-15(8-6-14)18(19,20)21/h5-8,13,22H,2-4,9-12H2,1H3/t13-/m1/s1. The van der Waals surface area contributed by atoms with Gasteiger partial charge in [-0.25, -0.2) is 0 Å². The molecule has 1 atom stereocenters. The monoisotopic (exact) mass is 368 g/mol. The Morgan fingerprint density at radius 2 is 2.00 bits per heavy atom. The van der Waals surface area contributed by atoms with Gasteiger partial charge in [0.05, 0.1) is 12.1 Å². The molecular formula is C18H23F3N4O. The summed E-state index contributed by atoms with van der Waals surface area (Å²) in [5.74, 6) is 0.715. The molecule has 0 amide bonds. The molecule has 1 aromatic carbocycles. The van der Waals surface area contributed by atoms with Gasteiger partial charge in [0.1, 0.15) is 0 Å². The smallest absolute Gasteiger partial charge is 0.338 e. The molecule has 1 fully saturated rings. The van der Waals surface area contributed by atoms with E-state index >= 15 is 0 Å². The largest absolute Gasteiger partial charge is 0.416 e. The van der Waals surface area contributed by atoms with Crippen LogP contribution in [0.1, 0.15) is 37.6 Å². The Labute approximate surface area is 150 Å². The van der Waals surface area contributed by atoms with Gasteiger partial charge in [0.25, 0.3) is 0 Å². The number of hydrogen-bond donors (Lipinski definition) is 1. The first-order valence-corrected chi connectivity index (χ1v) is 8.88. The first kappa shape index (κ1) is 18.8. The molecule has 0 saturated carbocycles. The molecule has 2 aromatic rings. The first-order valence-electron chi connectivity index (χ1n) is 8.88. The van der Waals surface area contributed by atoms with E-state index in [-0.39, 0.29) is 0 Å². The highest BCUT2D eigenvalue weighted by atomic mass is 19.4. The van der Waals surface area contributed by atoms with Crippen molar-refractivity contribution in [1.29, 1.82) is 0 Å². The van der Waals surface area contributed by atoms with Gasteiger partial charge in [-0.05, 0) is 38.4 Å². The third-order valence-corrected chi connectivity index (χ3v) is 4.73. The zero-order chi connectivity index (χ0) is 18.6. The SMILES string of the molecule is C[C@@H]1CCCCN1CCNCc1nc(-c2ccc(C(F)(F)F)cc2)no1. The number of halogens is 3. The quantitative estimate of drug-likeness (QED) is 0.788. The van der Waals surface area contributed by atoms with Crippen LogP contribution in [0.4, 0.5) is 13.2 Å². The van der Waals surface area contributed by atoms with Gasteiger partial charge < -0.3 is 9.84 Å². The van der Waals surface area contributed by atoms with Gasteiger partial charge in [-0.2, -0.15) is 18.2 Å². The summed E-state index contributed by atoms with van der Waals surface area (Å²) in [6.07, 6.45) is -0.541. The molecule has 8 heteroatoms. The second kappa shape index (κ2) is 8.18. The molecule has 1 aliphatic rings. The number of aromatic nitrogens is 2. The van der Waals surface area contributed by atoms with Gasteiger partial charge in [0.15, 0.2) is 0 Å². The number of benzene rings is 1. The molecule has 0 aliphatic carbocycles. The average molecular weight is 368 g/mol. The van der Waals surface area contributed by atoms with Crippen LogP contribution in [-0.2, 0) is 12.7 Å². The van der Waals surface area contributed by atoms with Crippen LogP contribution >= 0.6 is 0 Å². The average Bonchev–Trinajstić information content (AvgIpc) is 3.08. The highest BCUT2D eigenvalue weighted by molar-refractivity contribution is 5.54. The van der Waals surface area contributed by atoms with E-state index in [4.69, 9.17) is 4.52 Å². The van der Waals surface area contributed by atoms with E-state index in [2.05, 4.69) is 27.3 Å². The van der Waals surface area contributed by atoms with Crippen molar-refractivity contribution in [3.63, 3.8) is 0 Å². The summed E-state index contributed by atoms with van der Waals surface area (Å²) in [5, 5.41) is 7.12. The normalized spacial score (nSPS) is 19.0. The molecule has 142 valence electrons. The minimum Gasteiger partial charge on any atom is -0.338 e. The number of rotatable bonds is 6. The predicted octanol–water partition coefficient (Wildman–Crippen LogP) is 3.72. The van der Waals surface area contributed by atoms with E-state index < -0.39 is 11.7 Å². The van der Waals surface area contributed by atoms with E-state index in [1.54, 1.807) is 0 Å². The lowest BCUT2D eigenvalue weighted by molar-refractivity contribution is -0.137. The van der Waals surface area contributed by atoms with Crippen molar-refractivity contribution in [2.45, 2.75) is 44.9 Å². The van der Waals surface area contributed by atoms with E-state index in [0.29, 0.717) is 29.9 Å². The summed E-state index contributed by atoms with van der Waals surface area (Å²) in [5.41, 5.74) is -0.200. The van der Waals surface area contributed by atoms with Crippen LogP contribution in [0, 0.1) is 0 Å². The van der Waals surface area contributed by atoms with Crippen LogP contribution in [0.15, 0.2) is 28.8 Å². The maximum Gasteiger partial charge on any atom is 0.416 e. The molecule has 0 spiro atoms. The molecule has 1 N–H and O–H groups in total. The molecule has 5 nitrogen and oxygen atoms in total. The Morgan fingerprint density at radius 3 is 2.69 bits per heavy atom. The van der Waals surface area contributed by atoms with Crippen LogP contribution in [0.25, 0.3) is 11.4 Å². The summed E-state index contributed by atoms with van der Waals surface area (Å²) < 4.78 is 43.0. The summed E-state index contributed by atoms with van der Waals surface area (Å²) >= 11 is 0. The molecule has 1 saturated heterocycles. The summed E-state index contributed by atoms with van der Waals surface area (Å²) in [7, 11) is 0. The molecule has 0 unspecified atom stereocenters. The highest BCUT2D eigenvalue weighted by Gasteiger charge is 2.30. The fourth-order valence-electron chi connectivity index (χ4n) is 3.16. The van der Waals surface area contributed by atoms with Crippen molar-refractivity contribution in [1.82, 2.24) is 20.4 Å². The highest BCUT2D eigenvalue weighted by Crippen LogP contribution is 2.30. The van der Waals surface area contributed by atoms with Crippen molar-refractivity contribution in [3.8, 4) is 11.4 Å². The maximum atomic E-state index is 12.6. The predicted molar refractivity (Wildman–Crippen MR) is 91.3 cm³/mol. The third-order valence-electron chi connectivity index (χ3n) is 4.73. The number of alkyl halides is 3. The minimum atomic E-state index is -4.35. The van der Waals surface area contributed by atoms with Gasteiger partial charge in [-0.15, -0.1) is 0 Å². The molecule has 26 heavy (non-hydrogen) atoms. The van der Waals surface area contributed by atoms with Crippen LogP contribution in [0.3, 0.4) is 0 Å². The lowest BCUT2D eigenvalue weighted by Gasteiger charge is -2.33. The van der Waals surface area contributed by atoms with Gasteiger partial charge in [0.2, 0.25) is 11.7 Å². The molecule has 3 rings (SSSR count). The number of piperidine rings is 1. The van der Waals surface area contributed by atoms with Crippen molar-refractivity contribution >= 4 is 0 Å². The van der Waals surface area contributed by atoms with Crippen molar-refractivity contribution in [2.24, 2.45) is 0 Å². The second-order valence-corrected chi connectivity index (χ2v) is 6.64. The van der Waals surface area contributed by atoms with Crippen molar-refractivity contribution in [2.75, 3.05) is 19.6 Å². The number of hydrogen-bond acceptors (Lipinski definition) is 5. The maximum absolute atomic E-state index is 12.6. The number of nitrogens with one attached hydrogen (secondary N) is 1. The third kappa shape index (κ3) is 4.82. The molecule has 0 bridgehead atoms. The zero-order valence-electron chi connectivity index (χ0n) is 14.7. The second-order valence-electron chi connectivity index (χ2n) is 6.64. The summed E-state index contributed by atoms with van der Waals surface area (Å²) in [4.78, 5) is 6.71. The van der Waals surface area contributed by atoms with E-state index in [1.165, 1.54) is 31.4 Å². The van der Waals surface area contributed by atoms with Crippen LogP contribution in [0.2, 0.25) is 0 Å². The van der Waals surface area contributed by atoms with Crippen LogP contribution in [0.5, 0.6) is 0 Å². The van der Waals surface area contributed by atoms with Gasteiger partial charge in [-0.3, -0.25) is 4.90 Å². The first-order chi connectivity index (χ1) is 12.4. The van der Waals surface area contributed by atoms with E-state index in [1.807, 2.05) is 0 Å². The Bertz CT molecular complexity index is 699. The van der Waals surface area contributed by atoms with Gasteiger partial charge >= 0.3 is 6.18 Å². The fourth-order valence-corrected chi connectivity index (χ4v) is 3.16. The Morgan fingerprint density at radius 1 is 1.23 bits per heavy atom. The Kier molecular flexibility index (Phi) is 5.93. The summed E-state index contributed by atoms with van der Waals surface area (Å²) in [6.45, 7) is 5.63. The van der Waals surface area contributed by atoms with Gasteiger partial charge in [-0.1, -0.05) is 23.7 Å². The molecular weight excluding hydrogens is 345 g/mol. The van der Waals surface area contributed by atoms with Crippen molar-refractivity contribution < 1.29 is 17.7 Å². The topological polar surface area (TPSA) is 54.2 Å². The Balaban J connectivity index is 1.48. The van der Waals surface area contributed by atoms with Crippen LogP contribution < -0.4 is 5.32 Å². The van der Waals surface area contributed by atoms with E-state index in [9.17, 15) is 13.2 Å². The molecule has 1 aliphatic heterocycles. The minimum absolute atomic E-state index is 0.292. The molecule has 1 aromatic heterocycles. The van der Waals surface area contributed by atoms with Crippen molar-refractivity contribution in [3.05, 3.63) is 35.7 Å². The number of nitrogens with zero attached hydrogens (tertiary/aromatic N) is 3. The lowest BCUT2D eigenvalue weighted by atomic mass is 10.0. The number of likely N-dealkylation sites (tertiary alicyclic amines) is 1.